The van der Waals surface area contributed by atoms with E-state index < -0.39 is 0 Å². The molecule has 0 fully saturated rings. The average Bonchev–Trinajstić information content (AvgIpc) is 2.06. The minimum Gasteiger partial charge on any atom is -0.484 e. The van der Waals surface area contributed by atoms with Crippen LogP contribution in [0.1, 0.15) is 6.92 Å². The summed E-state index contributed by atoms with van der Waals surface area (Å²) in [6, 6.07) is 9.48. The quantitative estimate of drug-likeness (QED) is 0.721. The minimum absolute atomic E-state index is 0.206. The van der Waals surface area contributed by atoms with Crippen LogP contribution in [0.5, 0.6) is 5.75 Å². The highest BCUT2D eigenvalue weighted by atomic mass is 32.1. The molecular weight excluding hydrogens is 170 g/mol. The van der Waals surface area contributed by atoms with E-state index in [1.54, 1.807) is 0 Å². The van der Waals surface area contributed by atoms with Crippen LogP contribution in [-0.2, 0) is 0 Å². The topological polar surface area (TPSA) is 35.2 Å². The van der Waals surface area contributed by atoms with E-state index in [0.29, 0.717) is 4.99 Å². The van der Waals surface area contributed by atoms with Crippen LogP contribution in [0.15, 0.2) is 30.3 Å². The predicted molar refractivity (Wildman–Crippen MR) is 53.3 cm³/mol. The first kappa shape index (κ1) is 9.00. The lowest BCUT2D eigenvalue weighted by Crippen LogP contribution is -2.28. The lowest BCUT2D eigenvalue weighted by molar-refractivity contribution is 0.288. The van der Waals surface area contributed by atoms with Crippen molar-refractivity contribution in [2.75, 3.05) is 0 Å². The number of hydrogen-bond donors (Lipinski definition) is 1. The first-order valence-electron chi connectivity index (χ1n) is 3.71. The molecule has 12 heavy (non-hydrogen) atoms. The highest BCUT2D eigenvalue weighted by molar-refractivity contribution is 7.80. The van der Waals surface area contributed by atoms with Crippen molar-refractivity contribution in [3.8, 4) is 5.75 Å². The number of nitrogens with two attached hydrogens (primary N) is 1. The van der Waals surface area contributed by atoms with Crippen molar-refractivity contribution in [2.45, 2.75) is 13.0 Å². The van der Waals surface area contributed by atoms with Gasteiger partial charge in [-0.25, -0.2) is 0 Å². The van der Waals surface area contributed by atoms with Crippen molar-refractivity contribution in [3.05, 3.63) is 30.3 Å². The lowest BCUT2D eigenvalue weighted by atomic mass is 10.3. The van der Waals surface area contributed by atoms with E-state index in [2.05, 4.69) is 0 Å². The van der Waals surface area contributed by atoms with E-state index in [9.17, 15) is 0 Å². The molecule has 0 aromatic heterocycles. The smallest absolute Gasteiger partial charge is 0.145 e. The van der Waals surface area contributed by atoms with Crippen molar-refractivity contribution in [1.82, 2.24) is 0 Å². The molecule has 2 nitrogen and oxygen atoms in total. The molecule has 0 aliphatic carbocycles. The van der Waals surface area contributed by atoms with Gasteiger partial charge in [0.15, 0.2) is 0 Å². The van der Waals surface area contributed by atoms with Gasteiger partial charge in [0.05, 0.1) is 0 Å². The zero-order valence-electron chi connectivity index (χ0n) is 6.86. The van der Waals surface area contributed by atoms with Gasteiger partial charge in [0.25, 0.3) is 0 Å². The summed E-state index contributed by atoms with van der Waals surface area (Å²) in [4.78, 5) is 0.374. The van der Waals surface area contributed by atoms with Crippen molar-refractivity contribution in [3.63, 3.8) is 0 Å². The Balaban J connectivity index is 2.58. The van der Waals surface area contributed by atoms with Crippen LogP contribution >= 0.6 is 12.2 Å². The molecule has 1 rings (SSSR count). The molecule has 0 heterocycles. The maximum atomic E-state index is 5.41. The van der Waals surface area contributed by atoms with E-state index in [1.807, 2.05) is 37.3 Å². The molecule has 0 aliphatic heterocycles. The maximum absolute atomic E-state index is 5.41. The number of para-hydroxylation sites is 1. The Kier molecular flexibility index (Phi) is 3.05. The normalized spacial score (nSPS) is 12.1. The highest BCUT2D eigenvalue weighted by Crippen LogP contribution is 2.10. The number of rotatable bonds is 3. The standard InChI is InChI=1S/C9H11NOS/c1-7(9(10)12)11-8-5-3-2-4-6-8/h2-7H,1H3,(H2,10,12). The molecule has 1 aromatic carbocycles. The Hall–Kier alpha value is -1.09. The van der Waals surface area contributed by atoms with Gasteiger partial charge in [-0.2, -0.15) is 0 Å². The molecule has 0 saturated carbocycles. The van der Waals surface area contributed by atoms with Crippen molar-refractivity contribution < 1.29 is 4.74 Å². The van der Waals surface area contributed by atoms with Gasteiger partial charge in [-0.05, 0) is 19.1 Å². The molecule has 0 saturated heterocycles. The Morgan fingerprint density at radius 1 is 1.42 bits per heavy atom. The predicted octanol–water partition coefficient (Wildman–Crippen LogP) is 1.74. The van der Waals surface area contributed by atoms with E-state index in [-0.39, 0.29) is 6.10 Å². The lowest BCUT2D eigenvalue weighted by Gasteiger charge is -2.12. The minimum atomic E-state index is -0.206. The monoisotopic (exact) mass is 181 g/mol. The zero-order chi connectivity index (χ0) is 8.97. The molecule has 1 atom stereocenters. The average molecular weight is 181 g/mol. The SMILES string of the molecule is CC(Oc1ccccc1)C(N)=S. The summed E-state index contributed by atoms with van der Waals surface area (Å²) >= 11 is 4.77. The van der Waals surface area contributed by atoms with Gasteiger partial charge in [0.2, 0.25) is 0 Å². The molecule has 0 bridgehead atoms. The highest BCUT2D eigenvalue weighted by Gasteiger charge is 2.04. The van der Waals surface area contributed by atoms with Crippen LogP contribution in [0.2, 0.25) is 0 Å². The van der Waals surface area contributed by atoms with Crippen molar-refractivity contribution >= 4 is 17.2 Å². The summed E-state index contributed by atoms with van der Waals surface area (Å²) in [6.07, 6.45) is -0.206. The number of benzene rings is 1. The molecule has 3 heteroatoms. The van der Waals surface area contributed by atoms with E-state index in [0.717, 1.165) is 5.75 Å². The van der Waals surface area contributed by atoms with Crippen LogP contribution in [0.25, 0.3) is 0 Å². The number of thiocarbonyl (C=S) groups is 1. The van der Waals surface area contributed by atoms with Crippen molar-refractivity contribution in [1.29, 1.82) is 0 Å². The molecule has 0 spiro atoms. The Morgan fingerprint density at radius 2 is 2.00 bits per heavy atom. The van der Waals surface area contributed by atoms with Crippen molar-refractivity contribution in [2.24, 2.45) is 5.73 Å². The molecule has 0 amide bonds. The third-order valence-corrected chi connectivity index (χ3v) is 1.79. The fraction of sp³-hybridized carbons (Fsp3) is 0.222. The van der Waals surface area contributed by atoms with E-state index >= 15 is 0 Å². The van der Waals surface area contributed by atoms with Gasteiger partial charge >= 0.3 is 0 Å². The summed E-state index contributed by atoms with van der Waals surface area (Å²) in [5.41, 5.74) is 5.39. The fourth-order valence-corrected chi connectivity index (χ4v) is 0.809. The largest absolute Gasteiger partial charge is 0.484 e. The van der Waals surface area contributed by atoms with Crippen LogP contribution in [0.3, 0.4) is 0 Å². The van der Waals surface area contributed by atoms with Gasteiger partial charge in [0.1, 0.15) is 16.8 Å². The Labute approximate surface area is 77.3 Å². The third kappa shape index (κ3) is 2.51. The first-order valence-corrected chi connectivity index (χ1v) is 4.12. The summed E-state index contributed by atoms with van der Waals surface area (Å²) < 4.78 is 5.41. The molecule has 0 aliphatic rings. The van der Waals surface area contributed by atoms with Gasteiger partial charge in [-0.15, -0.1) is 0 Å². The zero-order valence-corrected chi connectivity index (χ0v) is 7.67. The van der Waals surface area contributed by atoms with E-state index in [1.165, 1.54) is 0 Å². The molecule has 64 valence electrons. The molecule has 0 radical (unpaired) electrons. The van der Waals surface area contributed by atoms with Crippen LogP contribution in [0.4, 0.5) is 0 Å². The summed E-state index contributed by atoms with van der Waals surface area (Å²) in [6.45, 7) is 1.83. The maximum Gasteiger partial charge on any atom is 0.145 e. The summed E-state index contributed by atoms with van der Waals surface area (Å²) in [5, 5.41) is 0. The Bertz CT molecular complexity index is 260. The third-order valence-electron chi connectivity index (χ3n) is 1.46. The Morgan fingerprint density at radius 3 is 2.50 bits per heavy atom. The van der Waals surface area contributed by atoms with Crippen LogP contribution in [0, 0.1) is 0 Å². The second-order valence-corrected chi connectivity index (χ2v) is 2.95. The molecule has 2 N–H and O–H groups in total. The van der Waals surface area contributed by atoms with Gasteiger partial charge in [0, 0.05) is 0 Å². The van der Waals surface area contributed by atoms with Gasteiger partial charge < -0.3 is 10.5 Å². The second-order valence-electron chi connectivity index (χ2n) is 2.48. The molecule has 1 aromatic rings. The number of ether oxygens (including phenoxy) is 1. The second kappa shape index (κ2) is 4.07. The van der Waals surface area contributed by atoms with Crippen LogP contribution in [-0.4, -0.2) is 11.1 Å². The van der Waals surface area contributed by atoms with Gasteiger partial charge in [-0.3, -0.25) is 0 Å². The fourth-order valence-electron chi connectivity index (χ4n) is 0.761. The first-order chi connectivity index (χ1) is 5.70. The van der Waals surface area contributed by atoms with Crippen LogP contribution < -0.4 is 10.5 Å². The molecular formula is C9H11NOS. The van der Waals surface area contributed by atoms with E-state index in [4.69, 9.17) is 22.7 Å². The van der Waals surface area contributed by atoms with Gasteiger partial charge in [-0.1, -0.05) is 30.4 Å². The number of hydrogen-bond acceptors (Lipinski definition) is 2. The summed E-state index contributed by atoms with van der Waals surface area (Å²) in [5.74, 6) is 0.790. The summed E-state index contributed by atoms with van der Waals surface area (Å²) in [7, 11) is 0. The molecule has 1 unspecified atom stereocenters.